The van der Waals surface area contributed by atoms with E-state index in [2.05, 4.69) is 10.3 Å². The van der Waals surface area contributed by atoms with Gasteiger partial charge in [0.2, 0.25) is 5.91 Å². The van der Waals surface area contributed by atoms with Crippen LogP contribution in [0.25, 0.3) is 0 Å². The highest BCUT2D eigenvalue weighted by atomic mass is 16.3. The number of hydrogen-bond donors (Lipinski definition) is 1. The van der Waals surface area contributed by atoms with Crippen LogP contribution in [0.4, 0.5) is 5.69 Å². The number of aromatic hydroxyl groups is 1. The third-order valence-corrected chi connectivity index (χ3v) is 2.64. The van der Waals surface area contributed by atoms with E-state index >= 15 is 0 Å². The number of phenols is 1. The van der Waals surface area contributed by atoms with E-state index in [-0.39, 0.29) is 11.7 Å². The highest BCUT2D eigenvalue weighted by Crippen LogP contribution is 2.17. The summed E-state index contributed by atoms with van der Waals surface area (Å²) >= 11 is 0. The third kappa shape index (κ3) is 2.85. The molecule has 0 bridgehead atoms. The normalized spacial score (nSPS) is 10.3. The number of aromatic nitrogens is 3. The first-order valence-corrected chi connectivity index (χ1v) is 5.56. The Morgan fingerprint density at radius 1 is 1.39 bits per heavy atom. The molecule has 2 aromatic rings. The van der Waals surface area contributed by atoms with Gasteiger partial charge >= 0.3 is 0 Å². The van der Waals surface area contributed by atoms with Crippen LogP contribution < -0.4 is 4.90 Å². The fraction of sp³-hybridized carbons (Fsp3) is 0.250. The quantitative estimate of drug-likeness (QED) is 0.874. The maximum Gasteiger partial charge on any atom is 0.228 e. The lowest BCUT2D eigenvalue weighted by Crippen LogP contribution is -2.27. The van der Waals surface area contributed by atoms with E-state index in [4.69, 9.17) is 0 Å². The molecule has 1 aromatic heterocycles. The maximum atomic E-state index is 11.9. The van der Waals surface area contributed by atoms with Crippen LogP contribution in [0.5, 0.6) is 5.75 Å². The van der Waals surface area contributed by atoms with E-state index in [1.165, 1.54) is 0 Å². The van der Waals surface area contributed by atoms with Crippen molar-refractivity contribution in [2.24, 2.45) is 0 Å². The van der Waals surface area contributed by atoms with Gasteiger partial charge in [0.25, 0.3) is 0 Å². The van der Waals surface area contributed by atoms with E-state index in [0.29, 0.717) is 13.0 Å². The van der Waals surface area contributed by atoms with Crippen LogP contribution in [0, 0.1) is 0 Å². The summed E-state index contributed by atoms with van der Waals surface area (Å²) in [4.78, 5) is 13.5. The van der Waals surface area contributed by atoms with Crippen molar-refractivity contribution in [3.05, 3.63) is 36.7 Å². The number of rotatable bonds is 4. The molecule has 0 aliphatic rings. The van der Waals surface area contributed by atoms with Gasteiger partial charge in [-0.1, -0.05) is 5.21 Å². The summed E-state index contributed by atoms with van der Waals surface area (Å²) in [6, 6.07) is 6.50. The Morgan fingerprint density at radius 3 is 2.72 bits per heavy atom. The van der Waals surface area contributed by atoms with Crippen LogP contribution in [-0.2, 0) is 11.3 Å². The molecule has 0 saturated heterocycles. The van der Waals surface area contributed by atoms with Gasteiger partial charge in [0.05, 0.1) is 12.7 Å². The van der Waals surface area contributed by atoms with Crippen molar-refractivity contribution in [2.45, 2.75) is 13.0 Å². The van der Waals surface area contributed by atoms with Crippen LogP contribution >= 0.6 is 0 Å². The molecule has 1 heterocycles. The number of benzene rings is 1. The van der Waals surface area contributed by atoms with Gasteiger partial charge in [-0.2, -0.15) is 0 Å². The van der Waals surface area contributed by atoms with Gasteiger partial charge < -0.3 is 10.0 Å². The average molecular weight is 246 g/mol. The van der Waals surface area contributed by atoms with Gasteiger partial charge in [0.15, 0.2) is 0 Å². The molecule has 0 saturated carbocycles. The van der Waals surface area contributed by atoms with Crippen molar-refractivity contribution < 1.29 is 9.90 Å². The average Bonchev–Trinajstić information content (AvgIpc) is 2.89. The van der Waals surface area contributed by atoms with Crippen LogP contribution in [0.1, 0.15) is 6.42 Å². The van der Waals surface area contributed by atoms with Gasteiger partial charge in [0, 0.05) is 25.4 Å². The second-order valence-corrected chi connectivity index (χ2v) is 3.89. The molecule has 0 aliphatic carbocycles. The lowest BCUT2D eigenvalue weighted by molar-refractivity contribution is -0.118. The van der Waals surface area contributed by atoms with E-state index in [0.717, 1.165) is 5.69 Å². The summed E-state index contributed by atoms with van der Waals surface area (Å²) < 4.78 is 1.61. The molecule has 6 heteroatoms. The van der Waals surface area contributed by atoms with Crippen molar-refractivity contribution in [1.29, 1.82) is 0 Å². The number of nitrogens with zero attached hydrogens (tertiary/aromatic N) is 4. The summed E-state index contributed by atoms with van der Waals surface area (Å²) in [6.45, 7) is 0.501. The lowest BCUT2D eigenvalue weighted by Gasteiger charge is -2.17. The topological polar surface area (TPSA) is 71.2 Å². The first-order chi connectivity index (χ1) is 8.66. The van der Waals surface area contributed by atoms with Crippen LogP contribution in [0.2, 0.25) is 0 Å². The predicted octanol–water partition coefficient (Wildman–Crippen LogP) is 1.04. The monoisotopic (exact) mass is 246 g/mol. The standard InChI is InChI=1S/C12H14N4O2/c1-15(10-2-4-11(17)5-3-10)12(18)6-8-16-9-7-13-14-16/h2-5,7,9,17H,6,8H2,1H3. The molecule has 0 unspecified atom stereocenters. The summed E-state index contributed by atoms with van der Waals surface area (Å²) in [5, 5.41) is 16.7. The zero-order chi connectivity index (χ0) is 13.0. The molecule has 0 atom stereocenters. The van der Waals surface area contributed by atoms with Crippen molar-refractivity contribution in [3.63, 3.8) is 0 Å². The molecular weight excluding hydrogens is 232 g/mol. The molecule has 0 radical (unpaired) electrons. The number of phenolic OH excluding ortho intramolecular Hbond substituents is 1. The first-order valence-electron chi connectivity index (χ1n) is 5.56. The van der Waals surface area contributed by atoms with Gasteiger partial charge in [-0.05, 0) is 24.3 Å². The number of aryl methyl sites for hydroxylation is 1. The number of hydrogen-bond acceptors (Lipinski definition) is 4. The minimum Gasteiger partial charge on any atom is -0.508 e. The molecule has 1 N–H and O–H groups in total. The molecule has 18 heavy (non-hydrogen) atoms. The number of amides is 1. The fourth-order valence-electron chi connectivity index (χ4n) is 1.55. The van der Waals surface area contributed by atoms with Gasteiger partial charge in [-0.15, -0.1) is 5.10 Å². The van der Waals surface area contributed by atoms with E-state index < -0.39 is 0 Å². The molecule has 6 nitrogen and oxygen atoms in total. The smallest absolute Gasteiger partial charge is 0.228 e. The minimum atomic E-state index is -0.0174. The van der Waals surface area contributed by atoms with Gasteiger partial charge in [-0.25, -0.2) is 0 Å². The maximum absolute atomic E-state index is 11.9. The highest BCUT2D eigenvalue weighted by molar-refractivity contribution is 5.92. The third-order valence-electron chi connectivity index (χ3n) is 2.64. The Labute approximate surface area is 104 Å². The minimum absolute atomic E-state index is 0.0174. The molecule has 1 aromatic carbocycles. The number of carbonyl (C=O) groups is 1. The van der Waals surface area contributed by atoms with E-state index in [1.54, 1.807) is 53.3 Å². The molecule has 1 amide bonds. The SMILES string of the molecule is CN(C(=O)CCn1ccnn1)c1ccc(O)cc1. The van der Waals surface area contributed by atoms with Crippen molar-refractivity contribution in [1.82, 2.24) is 15.0 Å². The first kappa shape index (κ1) is 12.1. The molecule has 2 rings (SSSR count). The van der Waals surface area contributed by atoms with Crippen molar-refractivity contribution in [2.75, 3.05) is 11.9 Å². The second-order valence-electron chi connectivity index (χ2n) is 3.89. The number of carbonyl (C=O) groups excluding carboxylic acids is 1. The Bertz CT molecular complexity index is 507. The van der Waals surface area contributed by atoms with Crippen molar-refractivity contribution in [3.8, 4) is 5.75 Å². The summed E-state index contributed by atoms with van der Waals surface area (Å²) in [6.07, 6.45) is 3.64. The Hall–Kier alpha value is -2.37. The second kappa shape index (κ2) is 5.31. The zero-order valence-electron chi connectivity index (χ0n) is 10.0. The van der Waals surface area contributed by atoms with Gasteiger partial charge in [0.1, 0.15) is 5.75 Å². The van der Waals surface area contributed by atoms with Crippen LogP contribution in [0.3, 0.4) is 0 Å². The fourth-order valence-corrected chi connectivity index (χ4v) is 1.55. The predicted molar refractivity (Wildman–Crippen MR) is 66.2 cm³/mol. The molecule has 0 aliphatic heterocycles. The Balaban J connectivity index is 1.94. The Kier molecular flexibility index (Phi) is 3.57. The summed E-state index contributed by atoms with van der Waals surface area (Å²) in [7, 11) is 1.70. The van der Waals surface area contributed by atoms with Crippen LogP contribution in [-0.4, -0.2) is 33.1 Å². The van der Waals surface area contributed by atoms with E-state index in [9.17, 15) is 9.90 Å². The zero-order valence-corrected chi connectivity index (χ0v) is 10.0. The van der Waals surface area contributed by atoms with Gasteiger partial charge in [-0.3, -0.25) is 9.48 Å². The highest BCUT2D eigenvalue weighted by Gasteiger charge is 2.10. The summed E-state index contributed by atoms with van der Waals surface area (Å²) in [5.41, 5.74) is 0.747. The molecule has 0 fully saturated rings. The molecular formula is C12H14N4O2. The Morgan fingerprint density at radius 2 is 2.11 bits per heavy atom. The van der Waals surface area contributed by atoms with Crippen LogP contribution in [0.15, 0.2) is 36.7 Å². The summed E-state index contributed by atoms with van der Waals surface area (Å²) in [5.74, 6) is 0.165. The molecule has 0 spiro atoms. The van der Waals surface area contributed by atoms with Crippen molar-refractivity contribution >= 4 is 11.6 Å². The lowest BCUT2D eigenvalue weighted by atomic mass is 10.2. The van der Waals surface area contributed by atoms with E-state index in [1.807, 2.05) is 0 Å². The largest absolute Gasteiger partial charge is 0.508 e. The molecule has 94 valence electrons. The number of anilines is 1.